The van der Waals surface area contributed by atoms with Gasteiger partial charge in [0.2, 0.25) is 5.91 Å². The zero-order chi connectivity index (χ0) is 14.1. The van der Waals surface area contributed by atoms with Gasteiger partial charge >= 0.3 is 0 Å². The first-order chi connectivity index (χ1) is 8.86. The predicted molar refractivity (Wildman–Crippen MR) is 83.4 cm³/mol. The van der Waals surface area contributed by atoms with Gasteiger partial charge in [0.05, 0.1) is 0 Å². The molecule has 2 aliphatic rings. The van der Waals surface area contributed by atoms with Crippen LogP contribution in [0.2, 0.25) is 0 Å². The molecule has 0 bridgehead atoms. The van der Waals surface area contributed by atoms with E-state index in [-0.39, 0.29) is 5.92 Å². The Morgan fingerprint density at radius 1 is 1.21 bits per heavy atom. The first-order valence-electron chi connectivity index (χ1n) is 7.70. The van der Waals surface area contributed by atoms with Gasteiger partial charge in [0, 0.05) is 17.8 Å². The SMILES string of the molecule is CC(C)(C)C1CCC(C(=O)NCC2(CBr)CC2)CC1. The highest BCUT2D eigenvalue weighted by Crippen LogP contribution is 2.46. The third-order valence-corrected chi connectivity index (χ3v) is 6.39. The Labute approximate surface area is 126 Å². The first kappa shape index (κ1) is 15.3. The average Bonchev–Trinajstić information content (AvgIpc) is 3.16. The fourth-order valence-electron chi connectivity index (χ4n) is 3.18. The average molecular weight is 330 g/mol. The molecule has 0 heterocycles. The minimum absolute atomic E-state index is 0.268. The number of carbonyl (C=O) groups is 1. The molecule has 0 aromatic heterocycles. The van der Waals surface area contributed by atoms with Crippen LogP contribution in [0.15, 0.2) is 0 Å². The highest BCUT2D eigenvalue weighted by atomic mass is 79.9. The highest BCUT2D eigenvalue weighted by Gasteiger charge is 2.42. The van der Waals surface area contributed by atoms with Gasteiger partial charge in [0.25, 0.3) is 0 Å². The Morgan fingerprint density at radius 3 is 2.21 bits per heavy atom. The van der Waals surface area contributed by atoms with Crippen molar-refractivity contribution < 1.29 is 4.79 Å². The van der Waals surface area contributed by atoms with Crippen molar-refractivity contribution in [1.82, 2.24) is 5.32 Å². The van der Waals surface area contributed by atoms with Crippen LogP contribution in [0.3, 0.4) is 0 Å². The molecule has 0 radical (unpaired) electrons. The molecule has 2 saturated carbocycles. The monoisotopic (exact) mass is 329 g/mol. The summed E-state index contributed by atoms with van der Waals surface area (Å²) in [5, 5.41) is 4.22. The summed E-state index contributed by atoms with van der Waals surface area (Å²) in [6.07, 6.45) is 7.10. The summed E-state index contributed by atoms with van der Waals surface area (Å²) in [7, 11) is 0. The number of carbonyl (C=O) groups excluding carboxylic acids is 1. The maximum atomic E-state index is 12.2. The lowest BCUT2D eigenvalue weighted by Gasteiger charge is -2.36. The molecule has 0 spiro atoms. The molecule has 1 N–H and O–H groups in total. The fraction of sp³-hybridized carbons (Fsp3) is 0.938. The number of amides is 1. The Kier molecular flexibility index (Phi) is 4.64. The van der Waals surface area contributed by atoms with Crippen molar-refractivity contribution in [3.8, 4) is 0 Å². The van der Waals surface area contributed by atoms with Gasteiger partial charge in [-0.15, -0.1) is 0 Å². The van der Waals surface area contributed by atoms with Gasteiger partial charge in [0.1, 0.15) is 0 Å². The first-order valence-corrected chi connectivity index (χ1v) is 8.82. The zero-order valence-electron chi connectivity index (χ0n) is 12.6. The number of halogens is 1. The van der Waals surface area contributed by atoms with Crippen molar-refractivity contribution >= 4 is 21.8 Å². The van der Waals surface area contributed by atoms with E-state index in [0.717, 1.165) is 30.6 Å². The smallest absolute Gasteiger partial charge is 0.223 e. The molecule has 0 aliphatic heterocycles. The van der Waals surface area contributed by atoms with E-state index in [9.17, 15) is 4.79 Å². The van der Waals surface area contributed by atoms with Crippen molar-refractivity contribution in [2.75, 3.05) is 11.9 Å². The molecule has 19 heavy (non-hydrogen) atoms. The van der Waals surface area contributed by atoms with Crippen LogP contribution in [0.25, 0.3) is 0 Å². The molecule has 0 saturated heterocycles. The van der Waals surface area contributed by atoms with E-state index in [0.29, 0.717) is 16.7 Å². The molecule has 3 heteroatoms. The molecule has 2 fully saturated rings. The van der Waals surface area contributed by atoms with Crippen LogP contribution in [0.4, 0.5) is 0 Å². The van der Waals surface area contributed by atoms with Crippen molar-refractivity contribution in [3.05, 3.63) is 0 Å². The van der Waals surface area contributed by atoms with E-state index in [1.165, 1.54) is 25.7 Å². The predicted octanol–water partition coefficient (Wildman–Crippen LogP) is 4.13. The third-order valence-electron chi connectivity index (χ3n) is 5.20. The van der Waals surface area contributed by atoms with E-state index in [4.69, 9.17) is 0 Å². The normalized spacial score (nSPS) is 29.9. The van der Waals surface area contributed by atoms with Gasteiger partial charge in [-0.3, -0.25) is 4.79 Å². The maximum absolute atomic E-state index is 12.2. The van der Waals surface area contributed by atoms with Crippen molar-refractivity contribution in [3.63, 3.8) is 0 Å². The molecule has 0 atom stereocenters. The Hall–Kier alpha value is -0.0500. The lowest BCUT2D eigenvalue weighted by molar-refractivity contribution is -0.126. The van der Waals surface area contributed by atoms with Crippen LogP contribution in [0.1, 0.15) is 59.3 Å². The van der Waals surface area contributed by atoms with E-state index in [1.54, 1.807) is 0 Å². The van der Waals surface area contributed by atoms with E-state index >= 15 is 0 Å². The summed E-state index contributed by atoms with van der Waals surface area (Å²) in [5.41, 5.74) is 0.785. The van der Waals surface area contributed by atoms with Crippen LogP contribution in [0, 0.1) is 22.7 Å². The summed E-state index contributed by atoms with van der Waals surface area (Å²) in [4.78, 5) is 12.2. The third kappa shape index (κ3) is 3.96. The standard InChI is InChI=1S/C16H28BrNO/c1-15(2,3)13-6-4-12(5-7-13)14(19)18-11-16(10-17)8-9-16/h12-13H,4-11H2,1-3H3,(H,18,19). The molecule has 0 aromatic rings. The quantitative estimate of drug-likeness (QED) is 0.772. The number of hydrogen-bond donors (Lipinski definition) is 1. The van der Waals surface area contributed by atoms with Gasteiger partial charge in [-0.05, 0) is 55.3 Å². The largest absolute Gasteiger partial charge is 0.355 e. The Bertz CT molecular complexity index is 322. The molecule has 110 valence electrons. The van der Waals surface area contributed by atoms with Gasteiger partial charge < -0.3 is 5.32 Å². The van der Waals surface area contributed by atoms with Gasteiger partial charge in [-0.25, -0.2) is 0 Å². The second kappa shape index (κ2) is 5.75. The number of nitrogens with one attached hydrogen (secondary N) is 1. The van der Waals surface area contributed by atoms with E-state index in [1.807, 2.05) is 0 Å². The minimum atomic E-state index is 0.268. The van der Waals surface area contributed by atoms with Crippen molar-refractivity contribution in [2.45, 2.75) is 59.3 Å². The molecule has 2 rings (SSSR count). The molecule has 0 aromatic carbocycles. The zero-order valence-corrected chi connectivity index (χ0v) is 14.2. The van der Waals surface area contributed by atoms with Crippen LogP contribution in [-0.2, 0) is 4.79 Å². The second-order valence-electron chi connectivity index (χ2n) is 7.77. The maximum Gasteiger partial charge on any atom is 0.223 e. The van der Waals surface area contributed by atoms with Crippen molar-refractivity contribution in [2.24, 2.45) is 22.7 Å². The van der Waals surface area contributed by atoms with Crippen molar-refractivity contribution in [1.29, 1.82) is 0 Å². The second-order valence-corrected chi connectivity index (χ2v) is 8.33. The van der Waals surface area contributed by atoms with Crippen LogP contribution in [0.5, 0.6) is 0 Å². The van der Waals surface area contributed by atoms with Gasteiger partial charge in [-0.1, -0.05) is 36.7 Å². The summed E-state index contributed by atoms with van der Waals surface area (Å²) in [6, 6.07) is 0. The molecule has 2 nitrogen and oxygen atoms in total. The molecular weight excluding hydrogens is 302 g/mol. The lowest BCUT2D eigenvalue weighted by Crippen LogP contribution is -2.38. The van der Waals surface area contributed by atoms with Crippen LogP contribution >= 0.6 is 15.9 Å². The van der Waals surface area contributed by atoms with E-state index < -0.39 is 0 Å². The summed E-state index contributed by atoms with van der Waals surface area (Å²) in [5.74, 6) is 1.36. The number of hydrogen-bond acceptors (Lipinski definition) is 1. The summed E-state index contributed by atoms with van der Waals surface area (Å²) in [6.45, 7) is 7.84. The Balaban J connectivity index is 1.73. The van der Waals surface area contributed by atoms with Crippen LogP contribution < -0.4 is 5.32 Å². The fourth-order valence-corrected chi connectivity index (χ4v) is 3.93. The summed E-state index contributed by atoms with van der Waals surface area (Å²) >= 11 is 3.56. The minimum Gasteiger partial charge on any atom is -0.355 e. The highest BCUT2D eigenvalue weighted by molar-refractivity contribution is 9.09. The molecule has 0 unspecified atom stereocenters. The Morgan fingerprint density at radius 2 is 1.79 bits per heavy atom. The molecular formula is C16H28BrNO. The number of rotatable bonds is 4. The van der Waals surface area contributed by atoms with E-state index in [2.05, 4.69) is 42.0 Å². The number of alkyl halides is 1. The van der Waals surface area contributed by atoms with Gasteiger partial charge in [0.15, 0.2) is 0 Å². The van der Waals surface area contributed by atoms with Gasteiger partial charge in [-0.2, -0.15) is 0 Å². The lowest BCUT2D eigenvalue weighted by atomic mass is 9.69. The topological polar surface area (TPSA) is 29.1 Å². The molecule has 1 amide bonds. The molecule has 2 aliphatic carbocycles. The summed E-state index contributed by atoms with van der Waals surface area (Å²) < 4.78 is 0. The van der Waals surface area contributed by atoms with Crippen LogP contribution in [-0.4, -0.2) is 17.8 Å².